The van der Waals surface area contributed by atoms with Gasteiger partial charge in [0.25, 0.3) is 0 Å². The van der Waals surface area contributed by atoms with Crippen molar-refractivity contribution in [3.8, 4) is 0 Å². The Morgan fingerprint density at radius 2 is 1.79 bits per heavy atom. The van der Waals surface area contributed by atoms with Gasteiger partial charge in [0.1, 0.15) is 24.9 Å². The van der Waals surface area contributed by atoms with Crippen molar-refractivity contribution in [3.63, 3.8) is 0 Å². The maximum atomic E-state index is 15.5. The Labute approximate surface area is 285 Å². The highest BCUT2D eigenvalue weighted by Gasteiger charge is 2.48. The maximum Gasteiger partial charge on any atom is 0.416 e. The van der Waals surface area contributed by atoms with E-state index in [-0.39, 0.29) is 29.6 Å². The summed E-state index contributed by atoms with van der Waals surface area (Å²) in [4.78, 5) is 60.0. The van der Waals surface area contributed by atoms with E-state index in [0.29, 0.717) is 62.1 Å². The van der Waals surface area contributed by atoms with Crippen LogP contribution in [0.4, 0.5) is 24.8 Å². The largest absolute Gasteiger partial charge is 0.447 e. The number of nitrogens with one attached hydrogen (secondary N) is 1. The lowest BCUT2D eigenvalue weighted by Crippen LogP contribution is -2.50. The maximum absolute atomic E-state index is 15.5. The molecular weight excluding hydrogens is 637 g/mol. The number of hydrogen-bond acceptors (Lipinski definition) is 8. The number of primary amides is 1. The number of thiazole rings is 1. The van der Waals surface area contributed by atoms with E-state index in [9.17, 15) is 19.2 Å². The van der Waals surface area contributed by atoms with Crippen molar-refractivity contribution >= 4 is 56.4 Å². The molecule has 6 rings (SSSR count). The van der Waals surface area contributed by atoms with Crippen molar-refractivity contribution in [2.24, 2.45) is 34.8 Å². The first kappa shape index (κ1) is 34.4. The van der Waals surface area contributed by atoms with Crippen molar-refractivity contribution in [1.29, 1.82) is 0 Å². The van der Waals surface area contributed by atoms with Gasteiger partial charge in [0.2, 0.25) is 11.8 Å². The summed E-state index contributed by atoms with van der Waals surface area (Å²) in [5, 5.41) is 3.68. The van der Waals surface area contributed by atoms with E-state index >= 15 is 4.39 Å². The zero-order valence-corrected chi connectivity index (χ0v) is 28.9. The van der Waals surface area contributed by atoms with E-state index in [1.54, 1.807) is 20.8 Å². The van der Waals surface area contributed by atoms with Crippen LogP contribution >= 0.6 is 11.3 Å². The molecule has 0 radical (unpaired) electrons. The number of likely N-dealkylation sites (tertiary alicyclic amines) is 1. The topological polar surface area (TPSA) is 144 Å². The molecule has 4 amide bonds. The van der Waals surface area contributed by atoms with Crippen LogP contribution in [-0.2, 0) is 19.1 Å². The fourth-order valence-electron chi connectivity index (χ4n) is 8.30. The summed E-state index contributed by atoms with van der Waals surface area (Å²) in [6.45, 7) is 6.62. The number of anilines is 2. The van der Waals surface area contributed by atoms with Gasteiger partial charge in [-0.3, -0.25) is 9.59 Å². The number of alkyl halides is 1. The van der Waals surface area contributed by atoms with Crippen LogP contribution in [-0.4, -0.2) is 71.9 Å². The third-order valence-corrected chi connectivity index (χ3v) is 11.9. The van der Waals surface area contributed by atoms with Gasteiger partial charge in [-0.15, -0.1) is 0 Å². The Bertz CT molecular complexity index is 1510. The Morgan fingerprint density at radius 1 is 1.06 bits per heavy atom. The van der Waals surface area contributed by atoms with Gasteiger partial charge in [-0.25, -0.2) is 23.9 Å². The van der Waals surface area contributed by atoms with E-state index < -0.39 is 35.9 Å². The van der Waals surface area contributed by atoms with Crippen molar-refractivity contribution in [3.05, 3.63) is 18.2 Å². The summed E-state index contributed by atoms with van der Waals surface area (Å²) in [5.74, 6) is -0.252. The molecular formula is C35H48FN5O6S. The van der Waals surface area contributed by atoms with Gasteiger partial charge in [0, 0.05) is 18.2 Å². The summed E-state index contributed by atoms with van der Waals surface area (Å²) in [7, 11) is 0. The summed E-state index contributed by atoms with van der Waals surface area (Å²) < 4.78 is 26.7. The van der Waals surface area contributed by atoms with Gasteiger partial charge in [-0.05, 0) is 73.5 Å². The molecule has 4 atom stereocenters. The second kappa shape index (κ2) is 14.2. The smallest absolute Gasteiger partial charge is 0.416 e. The number of carbonyl (C=O) groups excluding carboxylic acids is 4. The Kier molecular flexibility index (Phi) is 10.1. The third kappa shape index (κ3) is 7.25. The first-order chi connectivity index (χ1) is 22.9. The molecule has 1 unspecified atom stereocenters. The second-order valence-corrected chi connectivity index (χ2v) is 16.1. The van der Waals surface area contributed by atoms with Crippen molar-refractivity contribution in [2.75, 3.05) is 29.9 Å². The van der Waals surface area contributed by atoms with Gasteiger partial charge in [-0.2, -0.15) is 0 Å². The van der Waals surface area contributed by atoms with E-state index in [4.69, 9.17) is 15.2 Å². The summed E-state index contributed by atoms with van der Waals surface area (Å²) >= 11 is 1.37. The fraction of sp³-hybridized carbons (Fsp3) is 0.686. The quantitative estimate of drug-likeness (QED) is 0.317. The van der Waals surface area contributed by atoms with Gasteiger partial charge < -0.3 is 25.4 Å². The first-order valence-corrected chi connectivity index (χ1v) is 18.3. The molecule has 2 aromatic rings. The molecule has 13 heteroatoms. The molecule has 11 nitrogen and oxygen atoms in total. The van der Waals surface area contributed by atoms with Gasteiger partial charge >= 0.3 is 12.2 Å². The molecule has 4 fully saturated rings. The van der Waals surface area contributed by atoms with Crippen molar-refractivity contribution in [2.45, 2.75) is 103 Å². The number of nitrogens with two attached hydrogens (primary N) is 1. The minimum Gasteiger partial charge on any atom is -0.447 e. The minimum atomic E-state index is -1.39. The molecule has 1 aromatic carbocycles. The molecule has 0 spiro atoms. The van der Waals surface area contributed by atoms with Crippen LogP contribution in [0.1, 0.15) is 85.0 Å². The molecule has 262 valence electrons. The standard InChI is InChI=1S/C35H48FN5O6S/c1-35(2,3)29(36)28(47-32(37)44)21-9-11-22(12-10-21)31(43)40-16-15-24(20-7-5-4-6-8-20)27(40)30(42)38-23-13-14-25-26(19-23)48-33(39-25)41-17-18-46-34(41)45/h13-14,19-22,24,27-29H,4-12,15-18H2,1-3H3,(H2,37,44)(H,38,42)/t21-,22-,24-,27-,28-,29?/m0/s1. The summed E-state index contributed by atoms with van der Waals surface area (Å²) in [6.07, 6.45) is 4.79. The van der Waals surface area contributed by atoms with Gasteiger partial charge in [0.05, 0.1) is 16.8 Å². The molecule has 2 saturated heterocycles. The molecule has 2 saturated carbocycles. The molecule has 2 aliphatic carbocycles. The zero-order valence-electron chi connectivity index (χ0n) is 28.1. The highest BCUT2D eigenvalue weighted by atomic mass is 32.1. The van der Waals surface area contributed by atoms with E-state index in [1.165, 1.54) is 22.7 Å². The molecule has 3 heterocycles. The SMILES string of the molecule is CC(C)(C)C(F)[C@@H](OC(N)=O)[C@H]1CC[C@H](C(=O)N2CC[C@@H](C3CCCCC3)[C@H]2C(=O)Nc2ccc3nc(N4CCOC4=O)sc3c2)CC1. The van der Waals surface area contributed by atoms with E-state index in [0.717, 1.165) is 42.3 Å². The van der Waals surface area contributed by atoms with Crippen LogP contribution in [0.3, 0.4) is 0 Å². The Balaban J connectivity index is 1.17. The summed E-state index contributed by atoms with van der Waals surface area (Å²) in [5.41, 5.74) is 5.94. The normalized spacial score (nSPS) is 26.7. The van der Waals surface area contributed by atoms with Crippen LogP contribution in [0.15, 0.2) is 18.2 Å². The number of aromatic nitrogens is 1. The number of fused-ring (bicyclic) bond motifs is 1. The highest BCUT2D eigenvalue weighted by Crippen LogP contribution is 2.43. The number of amides is 4. The molecule has 48 heavy (non-hydrogen) atoms. The lowest BCUT2D eigenvalue weighted by Gasteiger charge is -2.39. The van der Waals surface area contributed by atoms with E-state index in [1.807, 2.05) is 23.1 Å². The molecule has 2 aliphatic heterocycles. The highest BCUT2D eigenvalue weighted by molar-refractivity contribution is 7.22. The van der Waals surface area contributed by atoms with Crippen LogP contribution in [0.2, 0.25) is 0 Å². The van der Waals surface area contributed by atoms with Crippen LogP contribution in [0.25, 0.3) is 10.2 Å². The number of hydrogen-bond donors (Lipinski definition) is 2. The molecule has 4 aliphatic rings. The average Bonchev–Trinajstić information content (AvgIpc) is 3.81. The number of benzene rings is 1. The number of nitrogens with zero attached hydrogens (tertiary/aromatic N) is 3. The van der Waals surface area contributed by atoms with E-state index in [2.05, 4.69) is 10.3 Å². The zero-order chi connectivity index (χ0) is 34.2. The lowest BCUT2D eigenvalue weighted by atomic mass is 9.74. The number of cyclic esters (lactones) is 1. The van der Waals surface area contributed by atoms with Crippen molar-refractivity contribution in [1.82, 2.24) is 9.88 Å². The second-order valence-electron chi connectivity index (χ2n) is 15.0. The molecule has 0 bridgehead atoms. The molecule has 3 N–H and O–H groups in total. The monoisotopic (exact) mass is 685 g/mol. The van der Waals surface area contributed by atoms with Gasteiger partial charge in [-0.1, -0.05) is 64.2 Å². The van der Waals surface area contributed by atoms with Crippen LogP contribution < -0.4 is 16.0 Å². The average molecular weight is 686 g/mol. The number of carbonyl (C=O) groups is 4. The van der Waals surface area contributed by atoms with Crippen LogP contribution in [0, 0.1) is 29.1 Å². The first-order valence-electron chi connectivity index (χ1n) is 17.5. The fourth-order valence-corrected chi connectivity index (χ4v) is 9.32. The lowest BCUT2D eigenvalue weighted by molar-refractivity contribution is -0.143. The van der Waals surface area contributed by atoms with Gasteiger partial charge in [0.15, 0.2) is 5.13 Å². The van der Waals surface area contributed by atoms with Crippen LogP contribution in [0.5, 0.6) is 0 Å². The number of halogens is 1. The Hall–Kier alpha value is -3.48. The van der Waals surface area contributed by atoms with Crippen molar-refractivity contribution < 1.29 is 33.0 Å². The predicted octanol–water partition coefficient (Wildman–Crippen LogP) is 6.64. The third-order valence-electron chi connectivity index (χ3n) is 10.8. The summed E-state index contributed by atoms with van der Waals surface area (Å²) in [6, 6.07) is 4.93. The number of ether oxygens (including phenoxy) is 2. The number of rotatable bonds is 8. The molecule has 1 aromatic heterocycles. The Morgan fingerprint density at radius 3 is 2.44 bits per heavy atom. The predicted molar refractivity (Wildman–Crippen MR) is 181 cm³/mol. The minimum absolute atomic E-state index is 0.0213.